The minimum absolute atomic E-state index is 0.0632. The Labute approximate surface area is 109 Å². The number of hydrogen-bond acceptors (Lipinski definition) is 3. The monoisotopic (exact) mass is 271 g/mol. The number of rotatable bonds is 3. The number of nitrogens with zero attached hydrogens (tertiary/aromatic N) is 1. The third-order valence-corrected chi connectivity index (χ3v) is 3.17. The van der Waals surface area contributed by atoms with Gasteiger partial charge in [0.2, 0.25) is 0 Å². The smallest absolute Gasteiger partial charge is 0.335 e. The summed E-state index contributed by atoms with van der Waals surface area (Å²) in [5.74, 6) is -3.05. The molecule has 0 bridgehead atoms. The fourth-order valence-corrected chi connectivity index (χ4v) is 2.16. The largest absolute Gasteiger partial charge is 0.478 e. The molecule has 1 unspecified atom stereocenters. The van der Waals surface area contributed by atoms with E-state index in [0.717, 1.165) is 18.6 Å². The first-order valence-electron chi connectivity index (χ1n) is 6.11. The quantitative estimate of drug-likeness (QED) is 0.916. The summed E-state index contributed by atoms with van der Waals surface area (Å²) in [6, 6.07) is 1.69. The van der Waals surface area contributed by atoms with E-state index in [1.165, 1.54) is 0 Å². The third-order valence-electron chi connectivity index (χ3n) is 3.17. The van der Waals surface area contributed by atoms with Crippen LogP contribution in [0.5, 0.6) is 0 Å². The van der Waals surface area contributed by atoms with Gasteiger partial charge in [-0.15, -0.1) is 0 Å². The number of anilines is 1. The molecule has 0 aromatic heterocycles. The lowest BCUT2D eigenvalue weighted by Crippen LogP contribution is -2.43. The zero-order chi connectivity index (χ0) is 14.0. The van der Waals surface area contributed by atoms with E-state index >= 15 is 0 Å². The first-order chi connectivity index (χ1) is 9.02. The fourth-order valence-electron chi connectivity index (χ4n) is 2.16. The van der Waals surface area contributed by atoms with Gasteiger partial charge in [-0.05, 0) is 18.6 Å². The molecule has 4 nitrogen and oxygen atoms in total. The number of aromatic carboxylic acids is 1. The maximum atomic E-state index is 13.9. The van der Waals surface area contributed by atoms with Crippen molar-refractivity contribution in [1.29, 1.82) is 0 Å². The fraction of sp³-hybridized carbons (Fsp3) is 0.462. The number of halogens is 2. The molecule has 1 aromatic rings. The standard InChI is InChI=1S/C13H15F2NO3/c1-2-9-7-16(3-4-19-9)12-10(14)5-8(13(17)18)6-11(12)15/h5-6,9H,2-4,7H2,1H3,(H,17,18). The Morgan fingerprint density at radius 1 is 1.47 bits per heavy atom. The maximum Gasteiger partial charge on any atom is 0.335 e. The van der Waals surface area contributed by atoms with Gasteiger partial charge in [0.1, 0.15) is 17.3 Å². The van der Waals surface area contributed by atoms with E-state index in [1.54, 1.807) is 4.90 Å². The van der Waals surface area contributed by atoms with Crippen molar-refractivity contribution in [3.05, 3.63) is 29.3 Å². The number of benzene rings is 1. The number of carboxylic acid groups (broad SMARTS) is 1. The van der Waals surface area contributed by atoms with Gasteiger partial charge in [0, 0.05) is 13.1 Å². The van der Waals surface area contributed by atoms with Gasteiger partial charge in [0.25, 0.3) is 0 Å². The van der Waals surface area contributed by atoms with Crippen molar-refractivity contribution < 1.29 is 23.4 Å². The van der Waals surface area contributed by atoms with E-state index in [4.69, 9.17) is 9.84 Å². The Balaban J connectivity index is 2.31. The first kappa shape index (κ1) is 13.7. The highest BCUT2D eigenvalue weighted by Gasteiger charge is 2.25. The lowest BCUT2D eigenvalue weighted by molar-refractivity contribution is 0.0380. The van der Waals surface area contributed by atoms with Crippen LogP contribution in [0.1, 0.15) is 23.7 Å². The van der Waals surface area contributed by atoms with E-state index in [9.17, 15) is 13.6 Å². The molecule has 1 aliphatic heterocycles. The van der Waals surface area contributed by atoms with E-state index in [1.807, 2.05) is 6.92 Å². The second kappa shape index (κ2) is 5.52. The molecule has 1 saturated heterocycles. The maximum absolute atomic E-state index is 13.9. The summed E-state index contributed by atoms with van der Waals surface area (Å²) in [5.41, 5.74) is -0.564. The van der Waals surface area contributed by atoms with Crippen LogP contribution in [0.25, 0.3) is 0 Å². The molecule has 0 saturated carbocycles. The Kier molecular flexibility index (Phi) is 3.99. The molecule has 1 fully saturated rings. The van der Waals surface area contributed by atoms with Crippen LogP contribution in [0.3, 0.4) is 0 Å². The summed E-state index contributed by atoms with van der Waals surface area (Å²) in [6.07, 6.45) is 0.694. The van der Waals surface area contributed by atoms with Crippen LogP contribution < -0.4 is 4.90 Å². The van der Waals surface area contributed by atoms with E-state index in [2.05, 4.69) is 0 Å². The number of hydrogen-bond donors (Lipinski definition) is 1. The molecule has 19 heavy (non-hydrogen) atoms. The molecule has 0 spiro atoms. The minimum atomic E-state index is -1.35. The third kappa shape index (κ3) is 2.84. The van der Waals surface area contributed by atoms with Gasteiger partial charge in [-0.25, -0.2) is 13.6 Å². The molecule has 104 valence electrons. The first-order valence-corrected chi connectivity index (χ1v) is 6.11. The SMILES string of the molecule is CCC1CN(c2c(F)cc(C(=O)O)cc2F)CCO1. The molecule has 0 amide bonds. The van der Waals surface area contributed by atoms with Gasteiger partial charge in [0.05, 0.1) is 18.3 Å². The molecule has 2 rings (SSSR count). The summed E-state index contributed by atoms with van der Waals surface area (Å²) in [4.78, 5) is 12.3. The number of ether oxygens (including phenoxy) is 1. The zero-order valence-corrected chi connectivity index (χ0v) is 10.5. The van der Waals surface area contributed by atoms with E-state index < -0.39 is 17.6 Å². The lowest BCUT2D eigenvalue weighted by Gasteiger charge is -2.34. The summed E-state index contributed by atoms with van der Waals surface area (Å²) < 4.78 is 33.2. The van der Waals surface area contributed by atoms with Crippen molar-refractivity contribution in [2.75, 3.05) is 24.6 Å². The van der Waals surface area contributed by atoms with Crippen molar-refractivity contribution in [3.63, 3.8) is 0 Å². The van der Waals surface area contributed by atoms with Crippen LogP contribution in [0.15, 0.2) is 12.1 Å². The van der Waals surface area contributed by atoms with Crippen LogP contribution in [0, 0.1) is 11.6 Å². The molecule has 1 aromatic carbocycles. The van der Waals surface area contributed by atoms with Gasteiger partial charge in [-0.1, -0.05) is 6.92 Å². The van der Waals surface area contributed by atoms with Crippen molar-refractivity contribution in [3.8, 4) is 0 Å². The number of morpholine rings is 1. The van der Waals surface area contributed by atoms with Crippen LogP contribution in [-0.4, -0.2) is 36.9 Å². The Morgan fingerprint density at radius 3 is 2.63 bits per heavy atom. The second-order valence-electron chi connectivity index (χ2n) is 4.44. The topological polar surface area (TPSA) is 49.8 Å². The summed E-state index contributed by atoms with van der Waals surface area (Å²) in [7, 11) is 0. The van der Waals surface area contributed by atoms with Crippen LogP contribution in [0.4, 0.5) is 14.5 Å². The summed E-state index contributed by atoms with van der Waals surface area (Å²) >= 11 is 0. The van der Waals surface area contributed by atoms with Crippen molar-refractivity contribution in [2.45, 2.75) is 19.4 Å². The Morgan fingerprint density at radius 2 is 2.11 bits per heavy atom. The zero-order valence-electron chi connectivity index (χ0n) is 10.5. The van der Waals surface area contributed by atoms with Crippen LogP contribution in [-0.2, 0) is 4.74 Å². The Hall–Kier alpha value is -1.69. The molecule has 1 heterocycles. The normalized spacial score (nSPS) is 19.5. The Bertz CT molecular complexity index is 470. The molecular formula is C13H15F2NO3. The molecule has 6 heteroatoms. The van der Waals surface area contributed by atoms with Crippen LogP contribution >= 0.6 is 0 Å². The molecule has 1 aliphatic rings. The molecule has 0 radical (unpaired) electrons. The summed E-state index contributed by atoms with van der Waals surface area (Å²) in [6.45, 7) is 3.12. The van der Waals surface area contributed by atoms with Crippen molar-refractivity contribution >= 4 is 11.7 Å². The minimum Gasteiger partial charge on any atom is -0.478 e. The number of carbonyl (C=O) groups is 1. The second-order valence-corrected chi connectivity index (χ2v) is 4.44. The molecular weight excluding hydrogens is 256 g/mol. The van der Waals surface area contributed by atoms with E-state index in [-0.39, 0.29) is 17.4 Å². The average Bonchev–Trinajstić information content (AvgIpc) is 2.38. The highest BCUT2D eigenvalue weighted by Crippen LogP contribution is 2.27. The van der Waals surface area contributed by atoms with Gasteiger partial charge < -0.3 is 14.7 Å². The van der Waals surface area contributed by atoms with Crippen molar-refractivity contribution in [1.82, 2.24) is 0 Å². The van der Waals surface area contributed by atoms with Gasteiger partial charge in [0.15, 0.2) is 0 Å². The molecule has 1 atom stereocenters. The van der Waals surface area contributed by atoms with Gasteiger partial charge >= 0.3 is 5.97 Å². The predicted molar refractivity (Wildman–Crippen MR) is 65.6 cm³/mol. The van der Waals surface area contributed by atoms with Crippen LogP contribution in [0.2, 0.25) is 0 Å². The van der Waals surface area contributed by atoms with Gasteiger partial charge in [-0.3, -0.25) is 0 Å². The summed E-state index contributed by atoms with van der Waals surface area (Å²) in [5, 5.41) is 8.75. The number of carboxylic acids is 1. The predicted octanol–water partition coefficient (Wildman–Crippen LogP) is 2.28. The average molecular weight is 271 g/mol. The van der Waals surface area contributed by atoms with Crippen molar-refractivity contribution in [2.24, 2.45) is 0 Å². The highest BCUT2D eigenvalue weighted by atomic mass is 19.1. The highest BCUT2D eigenvalue weighted by molar-refractivity contribution is 5.88. The lowest BCUT2D eigenvalue weighted by atomic mass is 10.1. The van der Waals surface area contributed by atoms with Gasteiger partial charge in [-0.2, -0.15) is 0 Å². The molecule has 1 N–H and O–H groups in total. The van der Waals surface area contributed by atoms with E-state index in [0.29, 0.717) is 19.7 Å². The molecule has 0 aliphatic carbocycles.